The van der Waals surface area contributed by atoms with Gasteiger partial charge in [0.05, 0.1) is 16.9 Å². The average molecular weight is 431 g/mol. The molecule has 0 aliphatic rings. The van der Waals surface area contributed by atoms with E-state index in [9.17, 15) is 26.4 Å². The van der Waals surface area contributed by atoms with Gasteiger partial charge in [-0.25, -0.2) is 31.0 Å². The summed E-state index contributed by atoms with van der Waals surface area (Å²) in [5.41, 5.74) is 0.793. The molecule has 1 heterocycles. The molecule has 0 fully saturated rings. The summed E-state index contributed by atoms with van der Waals surface area (Å²) >= 11 is 6.09. The largest absolute Gasteiger partial charge is 0.287 e. The zero-order valence-corrected chi connectivity index (χ0v) is 15.5. The number of hydrogen-bond donors (Lipinski definition) is 1. The maximum atomic E-state index is 13.7. The van der Waals surface area contributed by atoms with Crippen molar-refractivity contribution >= 4 is 27.5 Å². The third-order valence-corrected chi connectivity index (χ3v) is 5.22. The van der Waals surface area contributed by atoms with Crippen LogP contribution in [0, 0.1) is 24.4 Å². The topological polar surface area (TPSA) is 94.0 Å². The Kier molecular flexibility index (Phi) is 5.13. The van der Waals surface area contributed by atoms with Crippen LogP contribution in [-0.4, -0.2) is 29.3 Å². The van der Waals surface area contributed by atoms with E-state index in [4.69, 9.17) is 11.6 Å². The Bertz CT molecular complexity index is 1170. The van der Waals surface area contributed by atoms with Crippen molar-refractivity contribution in [3.8, 4) is 5.69 Å². The fourth-order valence-electron chi connectivity index (χ4n) is 2.29. The predicted octanol–water partition coefficient (Wildman–Crippen LogP) is 2.77. The second-order valence-electron chi connectivity index (χ2n) is 5.64. The Morgan fingerprint density at radius 2 is 1.79 bits per heavy atom. The lowest BCUT2D eigenvalue weighted by Crippen LogP contribution is -2.32. The van der Waals surface area contributed by atoms with Crippen LogP contribution in [0.5, 0.6) is 0 Å². The van der Waals surface area contributed by atoms with Crippen LogP contribution in [0.15, 0.2) is 41.4 Å². The molecule has 0 aliphatic heterocycles. The lowest BCUT2D eigenvalue weighted by atomic mass is 10.2. The van der Waals surface area contributed by atoms with E-state index in [2.05, 4.69) is 10.3 Å². The third-order valence-electron chi connectivity index (χ3n) is 3.53. The minimum absolute atomic E-state index is 0.178. The molecule has 3 aromatic rings. The van der Waals surface area contributed by atoms with Crippen molar-refractivity contribution in [2.24, 2.45) is 0 Å². The number of halogens is 4. The van der Waals surface area contributed by atoms with Crippen LogP contribution >= 0.6 is 11.6 Å². The van der Waals surface area contributed by atoms with Crippen LogP contribution in [0.25, 0.3) is 5.69 Å². The van der Waals surface area contributed by atoms with Gasteiger partial charge in [-0.2, -0.15) is 0 Å². The first kappa shape index (κ1) is 19.8. The van der Waals surface area contributed by atoms with Crippen molar-refractivity contribution in [3.05, 3.63) is 70.3 Å². The number of aryl methyl sites for hydroxylation is 1. The van der Waals surface area contributed by atoms with Gasteiger partial charge in [-0.15, -0.1) is 5.10 Å². The molecule has 3 rings (SSSR count). The molecule has 0 saturated heterocycles. The highest BCUT2D eigenvalue weighted by Crippen LogP contribution is 2.22. The highest BCUT2D eigenvalue weighted by atomic mass is 35.5. The molecule has 28 heavy (non-hydrogen) atoms. The third kappa shape index (κ3) is 3.85. The van der Waals surface area contributed by atoms with E-state index in [-0.39, 0.29) is 12.1 Å². The number of aromatic nitrogens is 3. The van der Waals surface area contributed by atoms with Crippen LogP contribution in [0.4, 0.5) is 13.2 Å². The van der Waals surface area contributed by atoms with Crippen molar-refractivity contribution in [2.75, 3.05) is 0 Å². The first-order valence-corrected chi connectivity index (χ1v) is 9.35. The van der Waals surface area contributed by atoms with Gasteiger partial charge in [0.15, 0.2) is 10.6 Å². The molecule has 0 spiro atoms. The minimum atomic E-state index is -4.97. The standard InChI is InChI=1S/C16H10ClF3N4O3S/c1-8-2-3-14(10(17)4-8)24-7-13(21-23-24)16(25)22-28(26,27)15-11(19)5-9(18)6-12(15)20/h2-7H,1H3,(H,22,25). The molecule has 0 radical (unpaired) electrons. The summed E-state index contributed by atoms with van der Waals surface area (Å²) in [6.07, 6.45) is 1.08. The van der Waals surface area contributed by atoms with E-state index in [0.29, 0.717) is 10.7 Å². The van der Waals surface area contributed by atoms with Crippen molar-refractivity contribution in [1.82, 2.24) is 19.7 Å². The van der Waals surface area contributed by atoms with Crippen LogP contribution in [0.3, 0.4) is 0 Å². The fourth-order valence-corrected chi connectivity index (χ4v) is 3.70. The summed E-state index contributed by atoms with van der Waals surface area (Å²) in [4.78, 5) is 10.7. The molecule has 1 N–H and O–H groups in total. The molecular weight excluding hydrogens is 421 g/mol. The second kappa shape index (κ2) is 7.24. The smallest absolute Gasteiger partial charge is 0.266 e. The van der Waals surface area contributed by atoms with E-state index in [0.717, 1.165) is 16.4 Å². The van der Waals surface area contributed by atoms with Gasteiger partial charge >= 0.3 is 0 Å². The molecule has 7 nitrogen and oxygen atoms in total. The summed E-state index contributed by atoms with van der Waals surface area (Å²) in [5.74, 6) is -5.98. The summed E-state index contributed by atoms with van der Waals surface area (Å²) in [7, 11) is -4.97. The summed E-state index contributed by atoms with van der Waals surface area (Å²) in [5, 5.41) is 7.50. The highest BCUT2D eigenvalue weighted by molar-refractivity contribution is 7.90. The van der Waals surface area contributed by atoms with Gasteiger partial charge in [-0.3, -0.25) is 4.79 Å². The van der Waals surface area contributed by atoms with E-state index in [1.165, 1.54) is 4.72 Å². The molecule has 2 aromatic carbocycles. The van der Waals surface area contributed by atoms with Crippen molar-refractivity contribution < 1.29 is 26.4 Å². The molecule has 12 heteroatoms. The average Bonchev–Trinajstić information content (AvgIpc) is 3.02. The van der Waals surface area contributed by atoms with Gasteiger partial charge in [0.2, 0.25) is 0 Å². The van der Waals surface area contributed by atoms with Crippen LogP contribution in [0.2, 0.25) is 5.02 Å². The predicted molar refractivity (Wildman–Crippen MR) is 92.1 cm³/mol. The van der Waals surface area contributed by atoms with E-state index >= 15 is 0 Å². The van der Waals surface area contributed by atoms with Gasteiger partial charge in [-0.05, 0) is 24.6 Å². The number of carbonyl (C=O) groups is 1. The molecule has 0 bridgehead atoms. The lowest BCUT2D eigenvalue weighted by molar-refractivity contribution is 0.0976. The molecule has 146 valence electrons. The normalized spacial score (nSPS) is 11.5. The van der Waals surface area contributed by atoms with Crippen LogP contribution in [-0.2, 0) is 10.0 Å². The van der Waals surface area contributed by atoms with Gasteiger partial charge in [0, 0.05) is 12.1 Å². The van der Waals surface area contributed by atoms with E-state index < -0.39 is 44.0 Å². The van der Waals surface area contributed by atoms with Crippen molar-refractivity contribution in [3.63, 3.8) is 0 Å². The maximum Gasteiger partial charge on any atom is 0.287 e. The lowest BCUT2D eigenvalue weighted by Gasteiger charge is -2.07. The zero-order chi connectivity index (χ0) is 20.6. The molecule has 0 saturated carbocycles. The molecule has 0 unspecified atom stereocenters. The molecular formula is C16H10ClF3N4O3S. The number of sulfonamides is 1. The number of benzene rings is 2. The summed E-state index contributed by atoms with van der Waals surface area (Å²) in [6.45, 7) is 1.81. The second-order valence-corrected chi connectivity index (χ2v) is 7.66. The molecule has 0 aliphatic carbocycles. The number of carbonyl (C=O) groups excluding carboxylic acids is 1. The van der Waals surface area contributed by atoms with Crippen molar-refractivity contribution in [2.45, 2.75) is 11.8 Å². The van der Waals surface area contributed by atoms with Crippen molar-refractivity contribution in [1.29, 1.82) is 0 Å². The van der Waals surface area contributed by atoms with Gasteiger partial charge in [-0.1, -0.05) is 22.9 Å². The Labute approximate surface area is 161 Å². The Hall–Kier alpha value is -2.92. The summed E-state index contributed by atoms with van der Waals surface area (Å²) < 4.78 is 67.2. The first-order chi connectivity index (χ1) is 13.1. The highest BCUT2D eigenvalue weighted by Gasteiger charge is 2.28. The first-order valence-electron chi connectivity index (χ1n) is 7.49. The maximum absolute atomic E-state index is 13.7. The van der Waals surface area contributed by atoms with Gasteiger partial charge in [0.1, 0.15) is 17.5 Å². The SMILES string of the molecule is Cc1ccc(-n2cc(C(=O)NS(=O)(=O)c3c(F)cc(F)cc3F)nn2)c(Cl)c1. The monoisotopic (exact) mass is 430 g/mol. The quantitative estimate of drug-likeness (QED) is 0.687. The van der Waals surface area contributed by atoms with E-state index in [1.807, 2.05) is 6.92 Å². The number of hydrogen-bond acceptors (Lipinski definition) is 5. The molecule has 0 atom stereocenters. The van der Waals surface area contributed by atoms with Gasteiger partial charge in [0.25, 0.3) is 15.9 Å². The number of rotatable bonds is 4. The Balaban J connectivity index is 1.89. The zero-order valence-electron chi connectivity index (χ0n) is 14.0. The molecule has 1 amide bonds. The number of nitrogens with one attached hydrogen (secondary N) is 1. The Morgan fingerprint density at radius 3 is 2.39 bits per heavy atom. The number of nitrogens with zero attached hydrogens (tertiary/aromatic N) is 3. The van der Waals surface area contributed by atoms with Gasteiger partial charge < -0.3 is 0 Å². The number of amides is 1. The Morgan fingerprint density at radius 1 is 1.14 bits per heavy atom. The van der Waals surface area contributed by atoms with E-state index in [1.54, 1.807) is 18.2 Å². The fraction of sp³-hybridized carbons (Fsp3) is 0.0625. The van der Waals surface area contributed by atoms with Crippen LogP contribution < -0.4 is 4.72 Å². The minimum Gasteiger partial charge on any atom is -0.266 e. The summed E-state index contributed by atoms with van der Waals surface area (Å²) in [6, 6.07) is 5.33. The molecule has 1 aromatic heterocycles. The van der Waals surface area contributed by atoms with Crippen LogP contribution in [0.1, 0.15) is 16.1 Å².